The molecule has 1 aliphatic heterocycles. The number of ether oxygens (including phenoxy) is 1. The summed E-state index contributed by atoms with van der Waals surface area (Å²) in [5.74, 6) is 0.125. The number of nitrogens with zero attached hydrogens (tertiary/aromatic N) is 2. The van der Waals surface area contributed by atoms with Crippen LogP contribution in [-0.2, 0) is 15.3 Å². The number of hydrogen-bond donors (Lipinski definition) is 0. The van der Waals surface area contributed by atoms with Gasteiger partial charge in [-0.3, -0.25) is 4.79 Å². The van der Waals surface area contributed by atoms with E-state index < -0.39 is 11.7 Å². The van der Waals surface area contributed by atoms with Gasteiger partial charge >= 0.3 is 5.97 Å². The van der Waals surface area contributed by atoms with Crippen LogP contribution in [0.1, 0.15) is 23.6 Å². The quantitative estimate of drug-likeness (QED) is 0.654. The molecule has 27 heavy (non-hydrogen) atoms. The summed E-state index contributed by atoms with van der Waals surface area (Å²) in [4.78, 5) is 21.7. The van der Waals surface area contributed by atoms with Crippen molar-refractivity contribution < 1.29 is 9.53 Å². The zero-order valence-corrected chi connectivity index (χ0v) is 14.9. The molecular formula is C23H18N2O2. The number of amidine groups is 1. The summed E-state index contributed by atoms with van der Waals surface area (Å²) >= 11 is 0. The molecule has 0 fully saturated rings. The second-order valence-electron chi connectivity index (χ2n) is 6.23. The highest BCUT2D eigenvalue weighted by Crippen LogP contribution is 2.37. The fraction of sp³-hybridized carbons (Fsp3) is 0.0870. The molecule has 0 radical (unpaired) electrons. The van der Waals surface area contributed by atoms with E-state index in [2.05, 4.69) is 0 Å². The molecule has 0 saturated heterocycles. The predicted octanol–water partition coefficient (Wildman–Crippen LogP) is 4.35. The monoisotopic (exact) mass is 354 g/mol. The minimum Gasteiger partial charge on any atom is -0.427 e. The number of carbonyl (C=O) groups excluding carboxylic acids is 1. The number of carbonyl (C=O) groups is 1. The Balaban J connectivity index is 1.96. The summed E-state index contributed by atoms with van der Waals surface area (Å²) in [6.07, 6.45) is 0. The molecule has 0 aromatic heterocycles. The minimum absolute atomic E-state index is 0.416. The van der Waals surface area contributed by atoms with Crippen LogP contribution in [0.4, 0.5) is 0 Å². The molecule has 4 heteroatoms. The largest absolute Gasteiger partial charge is 0.427 e. The maximum Gasteiger partial charge on any atom is 0.305 e. The lowest BCUT2D eigenvalue weighted by atomic mass is 9.93. The van der Waals surface area contributed by atoms with Crippen molar-refractivity contribution in [3.8, 4) is 0 Å². The van der Waals surface area contributed by atoms with E-state index in [4.69, 9.17) is 14.7 Å². The van der Waals surface area contributed by atoms with Gasteiger partial charge in [0.2, 0.25) is 0 Å². The van der Waals surface area contributed by atoms with Crippen molar-refractivity contribution in [1.29, 1.82) is 0 Å². The highest BCUT2D eigenvalue weighted by atomic mass is 16.6. The summed E-state index contributed by atoms with van der Waals surface area (Å²) < 4.78 is 5.85. The van der Waals surface area contributed by atoms with Gasteiger partial charge in [-0.25, -0.2) is 9.98 Å². The summed E-state index contributed by atoms with van der Waals surface area (Å²) in [6.45, 7) is 1.39. The molecule has 0 saturated carbocycles. The van der Waals surface area contributed by atoms with Crippen LogP contribution in [0.3, 0.4) is 0 Å². The number of esters is 1. The second kappa shape index (κ2) is 7.00. The Labute approximate surface area is 157 Å². The molecule has 0 aliphatic carbocycles. The predicted molar refractivity (Wildman–Crippen MR) is 106 cm³/mol. The zero-order valence-electron chi connectivity index (χ0n) is 14.9. The lowest BCUT2D eigenvalue weighted by Gasteiger charge is -2.28. The first kappa shape index (κ1) is 16.9. The van der Waals surface area contributed by atoms with Crippen LogP contribution in [-0.4, -0.2) is 17.5 Å². The number of hydrogen-bond acceptors (Lipinski definition) is 4. The standard InChI is InChI=1S/C23H18N2O2/c1-17(26)27-23(20-15-9-4-10-16-20)21(18-11-5-2-6-12-18)24-22(25-23)19-13-7-3-8-14-19/h2-16H,1H3/t23-/m1/s1. The van der Waals surface area contributed by atoms with Gasteiger partial charge in [0.15, 0.2) is 5.84 Å². The molecule has 0 amide bonds. The van der Waals surface area contributed by atoms with Crippen molar-refractivity contribution >= 4 is 17.5 Å². The van der Waals surface area contributed by atoms with E-state index in [1.54, 1.807) is 0 Å². The lowest BCUT2D eigenvalue weighted by molar-refractivity contribution is -0.150. The van der Waals surface area contributed by atoms with Crippen LogP contribution in [0, 0.1) is 0 Å². The van der Waals surface area contributed by atoms with Gasteiger partial charge in [0.1, 0.15) is 5.71 Å². The van der Waals surface area contributed by atoms with E-state index in [0.29, 0.717) is 11.5 Å². The highest BCUT2D eigenvalue weighted by Gasteiger charge is 2.46. The summed E-state index contributed by atoms with van der Waals surface area (Å²) in [7, 11) is 0. The molecule has 1 atom stereocenters. The fourth-order valence-corrected chi connectivity index (χ4v) is 3.18. The molecule has 3 aromatic carbocycles. The average Bonchev–Trinajstić information content (AvgIpc) is 3.10. The maximum atomic E-state index is 12.1. The molecule has 1 aliphatic rings. The van der Waals surface area contributed by atoms with Crippen LogP contribution < -0.4 is 0 Å². The second-order valence-corrected chi connectivity index (χ2v) is 6.23. The van der Waals surface area contributed by atoms with E-state index in [1.165, 1.54) is 6.92 Å². The summed E-state index contributed by atoms with van der Waals surface area (Å²) in [5, 5.41) is 0. The van der Waals surface area contributed by atoms with Gasteiger partial charge in [-0.15, -0.1) is 0 Å². The third kappa shape index (κ3) is 3.17. The van der Waals surface area contributed by atoms with Crippen molar-refractivity contribution in [1.82, 2.24) is 0 Å². The fourth-order valence-electron chi connectivity index (χ4n) is 3.18. The molecule has 3 aromatic rings. The Bertz CT molecular complexity index is 1010. The van der Waals surface area contributed by atoms with Crippen molar-refractivity contribution in [3.05, 3.63) is 108 Å². The maximum absolute atomic E-state index is 12.1. The first-order valence-electron chi connectivity index (χ1n) is 8.74. The molecule has 1 heterocycles. The van der Waals surface area contributed by atoms with Gasteiger partial charge in [0.25, 0.3) is 5.72 Å². The topological polar surface area (TPSA) is 51.0 Å². The van der Waals surface area contributed by atoms with Crippen molar-refractivity contribution in [2.45, 2.75) is 12.6 Å². The smallest absolute Gasteiger partial charge is 0.305 e. The van der Waals surface area contributed by atoms with Crippen molar-refractivity contribution in [2.75, 3.05) is 0 Å². The Morgan fingerprint density at radius 1 is 0.778 bits per heavy atom. The van der Waals surface area contributed by atoms with Gasteiger partial charge in [0.05, 0.1) is 0 Å². The average molecular weight is 354 g/mol. The van der Waals surface area contributed by atoms with Crippen LogP contribution in [0.15, 0.2) is 101 Å². The molecule has 0 spiro atoms. The van der Waals surface area contributed by atoms with E-state index in [9.17, 15) is 4.79 Å². The minimum atomic E-state index is -1.31. The molecule has 4 rings (SSSR count). The SMILES string of the molecule is CC(=O)O[C@@]1(c2ccccc2)N=C(c2ccccc2)N=C1c1ccccc1. The Kier molecular flexibility index (Phi) is 4.38. The van der Waals surface area contributed by atoms with Gasteiger partial charge in [0, 0.05) is 23.6 Å². The van der Waals surface area contributed by atoms with E-state index in [0.717, 1.165) is 16.7 Å². The third-order valence-corrected chi connectivity index (χ3v) is 4.34. The van der Waals surface area contributed by atoms with Crippen LogP contribution in [0.2, 0.25) is 0 Å². The van der Waals surface area contributed by atoms with Crippen LogP contribution in [0.5, 0.6) is 0 Å². The third-order valence-electron chi connectivity index (χ3n) is 4.34. The van der Waals surface area contributed by atoms with Gasteiger partial charge in [-0.2, -0.15) is 0 Å². The molecular weight excluding hydrogens is 336 g/mol. The van der Waals surface area contributed by atoms with Crippen LogP contribution in [0.25, 0.3) is 0 Å². The highest BCUT2D eigenvalue weighted by molar-refractivity contribution is 6.20. The number of rotatable bonds is 4. The van der Waals surface area contributed by atoms with Gasteiger partial charge in [-0.05, 0) is 0 Å². The summed E-state index contributed by atoms with van der Waals surface area (Å²) in [6, 6.07) is 28.9. The number of benzene rings is 3. The van der Waals surface area contributed by atoms with Crippen molar-refractivity contribution in [2.24, 2.45) is 9.98 Å². The Hall–Kier alpha value is -3.53. The van der Waals surface area contributed by atoms with E-state index >= 15 is 0 Å². The summed E-state index contributed by atoms with van der Waals surface area (Å²) in [5.41, 5.74) is 1.78. The molecule has 0 N–H and O–H groups in total. The van der Waals surface area contributed by atoms with Crippen LogP contribution >= 0.6 is 0 Å². The van der Waals surface area contributed by atoms with E-state index in [1.807, 2.05) is 91.0 Å². The number of aliphatic imine (C=N–C) groups is 2. The first-order chi connectivity index (χ1) is 13.2. The lowest BCUT2D eigenvalue weighted by Crippen LogP contribution is -2.37. The van der Waals surface area contributed by atoms with Crippen molar-refractivity contribution in [3.63, 3.8) is 0 Å². The molecule has 0 bridgehead atoms. The normalized spacial score (nSPS) is 18.6. The molecule has 4 nitrogen and oxygen atoms in total. The van der Waals surface area contributed by atoms with E-state index in [-0.39, 0.29) is 0 Å². The zero-order chi connectivity index (χ0) is 18.7. The Morgan fingerprint density at radius 2 is 1.30 bits per heavy atom. The Morgan fingerprint density at radius 3 is 1.85 bits per heavy atom. The molecule has 0 unspecified atom stereocenters. The van der Waals surface area contributed by atoms with Gasteiger partial charge < -0.3 is 4.74 Å². The first-order valence-corrected chi connectivity index (χ1v) is 8.74. The van der Waals surface area contributed by atoms with Gasteiger partial charge in [-0.1, -0.05) is 91.0 Å². The molecule has 132 valence electrons.